The van der Waals surface area contributed by atoms with Gasteiger partial charge in [0.25, 0.3) is 5.56 Å². The van der Waals surface area contributed by atoms with Crippen molar-refractivity contribution in [3.63, 3.8) is 0 Å². The smallest absolute Gasteiger partial charge is 0.267 e. The molecule has 1 aromatic heterocycles. The van der Waals surface area contributed by atoms with Crippen molar-refractivity contribution in [2.75, 3.05) is 0 Å². The second-order valence-corrected chi connectivity index (χ2v) is 2.21. The van der Waals surface area contributed by atoms with E-state index in [1.54, 1.807) is 12.1 Å². The Labute approximate surface area is 62.7 Å². The van der Waals surface area contributed by atoms with E-state index in [4.69, 9.17) is 0 Å². The molecular formula is C8H5N2O. The topological polar surface area (TPSA) is 45.8 Å². The first-order valence-corrected chi connectivity index (χ1v) is 3.23. The number of rotatable bonds is 0. The lowest BCUT2D eigenvalue weighted by Gasteiger charge is -1.90. The average Bonchev–Trinajstić information content (AvgIpc) is 2.06. The van der Waals surface area contributed by atoms with Gasteiger partial charge in [-0.3, -0.25) is 4.79 Å². The Kier molecular flexibility index (Phi) is 1.22. The minimum atomic E-state index is -0.167. The maximum atomic E-state index is 11.0. The summed E-state index contributed by atoms with van der Waals surface area (Å²) in [5, 5.41) is 7.24. The van der Waals surface area contributed by atoms with Gasteiger partial charge in [-0.15, -0.1) is 0 Å². The number of hydrogen-bond acceptors (Lipinski definition) is 2. The highest BCUT2D eigenvalue weighted by atomic mass is 16.1. The first kappa shape index (κ1) is 6.09. The van der Waals surface area contributed by atoms with Crippen molar-refractivity contribution in [2.24, 2.45) is 0 Å². The summed E-state index contributed by atoms with van der Waals surface area (Å²) in [7, 11) is 0. The predicted molar refractivity (Wildman–Crippen MR) is 41.2 cm³/mol. The van der Waals surface area contributed by atoms with Crippen molar-refractivity contribution in [1.29, 1.82) is 0 Å². The fourth-order valence-electron chi connectivity index (χ4n) is 0.978. The summed E-state index contributed by atoms with van der Waals surface area (Å²) in [6, 6.07) is 7.20. The molecule has 0 amide bonds. The van der Waals surface area contributed by atoms with Gasteiger partial charge in [-0.25, -0.2) is 5.10 Å². The van der Waals surface area contributed by atoms with Gasteiger partial charge in [0.15, 0.2) is 0 Å². The van der Waals surface area contributed by atoms with Crippen molar-refractivity contribution in [3.8, 4) is 0 Å². The molecule has 0 fully saturated rings. The Morgan fingerprint density at radius 2 is 2.18 bits per heavy atom. The second-order valence-electron chi connectivity index (χ2n) is 2.21. The molecule has 0 aliphatic heterocycles. The van der Waals surface area contributed by atoms with E-state index < -0.39 is 0 Å². The maximum Gasteiger partial charge on any atom is 0.272 e. The largest absolute Gasteiger partial charge is 0.272 e. The average molecular weight is 145 g/mol. The molecule has 1 heterocycles. The van der Waals surface area contributed by atoms with Crippen LogP contribution in [0.5, 0.6) is 0 Å². The molecule has 0 spiro atoms. The van der Waals surface area contributed by atoms with Gasteiger partial charge in [0, 0.05) is 5.39 Å². The van der Waals surface area contributed by atoms with E-state index in [0.717, 1.165) is 5.39 Å². The summed E-state index contributed by atoms with van der Waals surface area (Å²) in [5.41, 5.74) is -0.167. The molecule has 0 aliphatic carbocycles. The zero-order chi connectivity index (χ0) is 7.68. The third-order valence-corrected chi connectivity index (χ3v) is 1.51. The molecule has 3 nitrogen and oxygen atoms in total. The van der Waals surface area contributed by atoms with E-state index >= 15 is 0 Å². The molecule has 3 heteroatoms. The molecule has 1 aromatic carbocycles. The molecule has 2 aromatic rings. The Bertz CT molecular complexity index is 428. The molecule has 1 N–H and O–H groups in total. The Hall–Kier alpha value is -1.64. The van der Waals surface area contributed by atoms with Crippen LogP contribution in [-0.2, 0) is 0 Å². The number of fused-ring (bicyclic) bond motifs is 1. The summed E-state index contributed by atoms with van der Waals surface area (Å²) in [5.74, 6) is 0. The summed E-state index contributed by atoms with van der Waals surface area (Å²) >= 11 is 0. The van der Waals surface area contributed by atoms with Crippen LogP contribution in [0.4, 0.5) is 0 Å². The third-order valence-electron chi connectivity index (χ3n) is 1.51. The molecule has 0 unspecified atom stereocenters. The maximum absolute atomic E-state index is 11.0. The zero-order valence-electron chi connectivity index (χ0n) is 5.66. The van der Waals surface area contributed by atoms with Gasteiger partial charge in [0.1, 0.15) is 6.20 Å². The van der Waals surface area contributed by atoms with Crippen molar-refractivity contribution >= 4 is 10.8 Å². The lowest BCUT2D eigenvalue weighted by atomic mass is 10.2. The number of benzene rings is 1. The van der Waals surface area contributed by atoms with E-state index in [9.17, 15) is 4.79 Å². The number of aromatic amines is 1. The monoisotopic (exact) mass is 145 g/mol. The minimum Gasteiger partial charge on any atom is -0.267 e. The Morgan fingerprint density at radius 1 is 1.36 bits per heavy atom. The summed E-state index contributed by atoms with van der Waals surface area (Å²) in [4.78, 5) is 11.0. The van der Waals surface area contributed by atoms with Crippen molar-refractivity contribution in [1.82, 2.24) is 10.2 Å². The first-order chi connectivity index (χ1) is 5.38. The minimum absolute atomic E-state index is 0.167. The van der Waals surface area contributed by atoms with E-state index in [1.807, 2.05) is 12.1 Å². The fraction of sp³-hybridized carbons (Fsp3) is 0. The van der Waals surface area contributed by atoms with E-state index in [2.05, 4.69) is 16.4 Å². The number of H-pyrrole nitrogens is 1. The zero-order valence-corrected chi connectivity index (χ0v) is 5.66. The van der Waals surface area contributed by atoms with Crippen molar-refractivity contribution in [2.45, 2.75) is 0 Å². The lowest BCUT2D eigenvalue weighted by Crippen LogP contribution is -2.06. The highest BCUT2D eigenvalue weighted by molar-refractivity contribution is 5.79. The van der Waals surface area contributed by atoms with E-state index in [1.165, 1.54) is 0 Å². The molecule has 2 rings (SSSR count). The molecule has 0 aliphatic rings. The van der Waals surface area contributed by atoms with E-state index in [0.29, 0.717) is 5.39 Å². The van der Waals surface area contributed by atoms with Crippen LogP contribution in [0.15, 0.2) is 29.1 Å². The van der Waals surface area contributed by atoms with Gasteiger partial charge in [-0.05, 0) is 6.07 Å². The van der Waals surface area contributed by atoms with Gasteiger partial charge < -0.3 is 0 Å². The van der Waals surface area contributed by atoms with Crippen LogP contribution in [0, 0.1) is 6.20 Å². The van der Waals surface area contributed by atoms with Crippen LogP contribution in [-0.4, -0.2) is 10.2 Å². The predicted octanol–water partition coefficient (Wildman–Crippen LogP) is 0.723. The van der Waals surface area contributed by atoms with Crippen LogP contribution in [0.1, 0.15) is 0 Å². The summed E-state index contributed by atoms with van der Waals surface area (Å²) < 4.78 is 0. The molecule has 0 atom stereocenters. The molecule has 0 saturated heterocycles. The van der Waals surface area contributed by atoms with E-state index in [-0.39, 0.29) is 5.56 Å². The second kappa shape index (κ2) is 2.20. The quantitative estimate of drug-likeness (QED) is 0.593. The molecule has 0 saturated carbocycles. The number of aromatic nitrogens is 2. The Morgan fingerprint density at radius 3 is 3.00 bits per heavy atom. The molecule has 0 bridgehead atoms. The highest BCUT2D eigenvalue weighted by Gasteiger charge is 1.94. The van der Waals surface area contributed by atoms with Crippen LogP contribution < -0.4 is 5.56 Å². The van der Waals surface area contributed by atoms with Gasteiger partial charge in [-0.2, -0.15) is 5.10 Å². The normalized spacial score (nSPS) is 10.2. The number of nitrogens with zero attached hydrogens (tertiary/aromatic N) is 1. The standard InChI is InChI=1S/C8H5N2O/c11-8-7-4-2-1-3-6(7)5-9-10-8/h1-4H,(H,10,11). The van der Waals surface area contributed by atoms with Crippen LogP contribution in [0.2, 0.25) is 0 Å². The van der Waals surface area contributed by atoms with Crippen molar-refractivity contribution in [3.05, 3.63) is 40.8 Å². The SMILES string of the molecule is O=c1[nH]n[c]c2ccccc12. The van der Waals surface area contributed by atoms with Gasteiger partial charge >= 0.3 is 0 Å². The fourth-order valence-corrected chi connectivity index (χ4v) is 0.978. The molecule has 1 radical (unpaired) electrons. The Balaban J connectivity index is 3.03. The highest BCUT2D eigenvalue weighted by Crippen LogP contribution is 2.03. The van der Waals surface area contributed by atoms with Gasteiger partial charge in [0.2, 0.25) is 0 Å². The van der Waals surface area contributed by atoms with Crippen LogP contribution in [0.3, 0.4) is 0 Å². The molecular weight excluding hydrogens is 140 g/mol. The summed E-state index contributed by atoms with van der Waals surface area (Å²) in [6.45, 7) is 0. The van der Waals surface area contributed by atoms with Crippen LogP contribution in [0.25, 0.3) is 10.8 Å². The first-order valence-electron chi connectivity index (χ1n) is 3.23. The number of nitrogens with one attached hydrogen (secondary N) is 1. The molecule has 11 heavy (non-hydrogen) atoms. The van der Waals surface area contributed by atoms with Gasteiger partial charge in [-0.1, -0.05) is 18.2 Å². The van der Waals surface area contributed by atoms with Crippen LogP contribution >= 0.6 is 0 Å². The van der Waals surface area contributed by atoms with Gasteiger partial charge in [0.05, 0.1) is 5.39 Å². The molecule has 53 valence electrons. The third kappa shape index (κ3) is 0.902. The summed E-state index contributed by atoms with van der Waals surface area (Å²) in [6.07, 6.45) is 2.69. The van der Waals surface area contributed by atoms with Crippen molar-refractivity contribution < 1.29 is 0 Å². The number of hydrogen-bond donors (Lipinski definition) is 1. The lowest BCUT2D eigenvalue weighted by molar-refractivity contribution is 1.00.